The molecule has 170 valence electrons. The lowest BCUT2D eigenvalue weighted by molar-refractivity contribution is -0.145. The third-order valence-corrected chi connectivity index (χ3v) is 8.76. The summed E-state index contributed by atoms with van der Waals surface area (Å²) in [6, 6.07) is 9.88. The standard InChI is InChI=1S/C26H33N3O3/c1-17-4-3-5-19-14-22-23(24(30)26(17,19)2)21(25(31)32-22)16-28-10-12-29(13-11-28)20-8-6-18(15-27)7-9-20/h5-9,17,21-24,30H,3-4,10-14,16H2,1-2H3/t17?,21?,22-,23-,24?,26-/m1/s1. The smallest absolute Gasteiger partial charge is 0.311 e. The molecule has 6 atom stereocenters. The van der Waals surface area contributed by atoms with Crippen LogP contribution in [0.1, 0.15) is 38.7 Å². The van der Waals surface area contributed by atoms with E-state index in [1.807, 2.05) is 24.3 Å². The third kappa shape index (κ3) is 3.43. The Hall–Kier alpha value is -2.36. The number of aliphatic hydroxyl groups excluding tert-OH is 1. The van der Waals surface area contributed by atoms with Gasteiger partial charge in [-0.25, -0.2) is 0 Å². The number of fused-ring (bicyclic) bond motifs is 2. The lowest BCUT2D eigenvalue weighted by Crippen LogP contribution is -2.55. The Morgan fingerprint density at radius 1 is 1.22 bits per heavy atom. The number of hydrogen-bond acceptors (Lipinski definition) is 6. The second kappa shape index (κ2) is 8.20. The molecule has 1 aromatic carbocycles. The largest absolute Gasteiger partial charge is 0.461 e. The van der Waals surface area contributed by atoms with Gasteiger partial charge < -0.3 is 14.7 Å². The lowest BCUT2D eigenvalue weighted by Gasteiger charge is -2.52. The molecule has 1 N–H and O–H groups in total. The number of rotatable bonds is 3. The first-order chi connectivity index (χ1) is 15.4. The summed E-state index contributed by atoms with van der Waals surface area (Å²) in [5.41, 5.74) is 2.84. The highest BCUT2D eigenvalue weighted by Gasteiger charge is 2.59. The summed E-state index contributed by atoms with van der Waals surface area (Å²) in [5.74, 6) is -0.111. The van der Waals surface area contributed by atoms with Crippen molar-refractivity contribution >= 4 is 11.7 Å². The minimum atomic E-state index is -0.542. The predicted molar refractivity (Wildman–Crippen MR) is 122 cm³/mol. The van der Waals surface area contributed by atoms with Gasteiger partial charge in [-0.15, -0.1) is 0 Å². The van der Waals surface area contributed by atoms with E-state index in [0.29, 0.717) is 18.0 Å². The average molecular weight is 436 g/mol. The van der Waals surface area contributed by atoms with E-state index in [-0.39, 0.29) is 29.3 Å². The van der Waals surface area contributed by atoms with Crippen LogP contribution in [0.25, 0.3) is 0 Å². The van der Waals surface area contributed by atoms with E-state index in [9.17, 15) is 9.90 Å². The Morgan fingerprint density at radius 3 is 2.62 bits per heavy atom. The molecule has 3 unspecified atom stereocenters. The highest BCUT2D eigenvalue weighted by atomic mass is 16.6. The summed E-state index contributed by atoms with van der Waals surface area (Å²) >= 11 is 0. The van der Waals surface area contributed by atoms with E-state index in [1.165, 1.54) is 5.57 Å². The first kappa shape index (κ1) is 21.5. The lowest BCUT2D eigenvalue weighted by atomic mass is 9.55. The van der Waals surface area contributed by atoms with E-state index in [2.05, 4.69) is 35.8 Å². The molecule has 2 aliphatic carbocycles. The van der Waals surface area contributed by atoms with Gasteiger partial charge in [-0.3, -0.25) is 9.69 Å². The maximum absolute atomic E-state index is 12.9. The van der Waals surface area contributed by atoms with Crippen molar-refractivity contribution in [1.29, 1.82) is 5.26 Å². The van der Waals surface area contributed by atoms with Crippen LogP contribution in [-0.4, -0.2) is 60.9 Å². The monoisotopic (exact) mass is 435 g/mol. The van der Waals surface area contributed by atoms with Gasteiger partial charge in [-0.1, -0.05) is 25.5 Å². The maximum atomic E-state index is 12.9. The molecule has 0 radical (unpaired) electrons. The number of piperazine rings is 1. The van der Waals surface area contributed by atoms with Crippen molar-refractivity contribution < 1.29 is 14.6 Å². The van der Waals surface area contributed by atoms with E-state index < -0.39 is 6.10 Å². The minimum absolute atomic E-state index is 0.123. The van der Waals surface area contributed by atoms with Crippen molar-refractivity contribution in [3.8, 4) is 6.07 Å². The first-order valence-corrected chi connectivity index (χ1v) is 12.0. The van der Waals surface area contributed by atoms with Gasteiger partial charge in [0.05, 0.1) is 23.7 Å². The van der Waals surface area contributed by atoms with Crippen molar-refractivity contribution in [2.75, 3.05) is 37.6 Å². The number of carbonyl (C=O) groups excluding carboxylic acids is 1. The van der Waals surface area contributed by atoms with Crippen LogP contribution in [0, 0.1) is 34.5 Å². The molecule has 0 bridgehead atoms. The van der Waals surface area contributed by atoms with Crippen LogP contribution < -0.4 is 4.90 Å². The zero-order valence-corrected chi connectivity index (χ0v) is 19.0. The van der Waals surface area contributed by atoms with Gasteiger partial charge in [0, 0.05) is 56.2 Å². The van der Waals surface area contributed by atoms with E-state index in [0.717, 1.165) is 51.1 Å². The molecule has 1 aromatic rings. The molecule has 6 heteroatoms. The molecule has 0 amide bonds. The van der Waals surface area contributed by atoms with Gasteiger partial charge in [0.1, 0.15) is 6.10 Å². The van der Waals surface area contributed by atoms with Gasteiger partial charge in [0.25, 0.3) is 0 Å². The minimum Gasteiger partial charge on any atom is -0.461 e. The number of nitrogens with zero attached hydrogens (tertiary/aromatic N) is 3. The number of benzene rings is 1. The van der Waals surface area contributed by atoms with Gasteiger partial charge >= 0.3 is 5.97 Å². The van der Waals surface area contributed by atoms with Gasteiger partial charge in [0.2, 0.25) is 0 Å². The normalized spacial score (nSPS) is 37.2. The molecule has 0 spiro atoms. The van der Waals surface area contributed by atoms with Crippen LogP contribution in [-0.2, 0) is 9.53 Å². The number of aliphatic hydroxyl groups is 1. The summed E-state index contributed by atoms with van der Waals surface area (Å²) < 4.78 is 5.83. The van der Waals surface area contributed by atoms with Crippen LogP contribution in [0.5, 0.6) is 0 Å². The van der Waals surface area contributed by atoms with Gasteiger partial charge in [-0.2, -0.15) is 5.26 Å². The molecule has 2 saturated heterocycles. The fourth-order valence-electron chi connectivity index (χ4n) is 6.49. The molecule has 3 fully saturated rings. The number of esters is 1. The zero-order valence-electron chi connectivity index (χ0n) is 19.0. The number of carbonyl (C=O) groups is 1. The molecular formula is C26H33N3O3. The highest BCUT2D eigenvalue weighted by Crippen LogP contribution is 2.56. The van der Waals surface area contributed by atoms with Gasteiger partial charge in [-0.05, 0) is 43.0 Å². The molecule has 32 heavy (non-hydrogen) atoms. The molecule has 0 aromatic heterocycles. The van der Waals surface area contributed by atoms with Crippen molar-refractivity contribution in [3.05, 3.63) is 41.5 Å². The number of allylic oxidation sites excluding steroid dienone is 1. The average Bonchev–Trinajstić information content (AvgIpc) is 3.11. The molecule has 2 heterocycles. The van der Waals surface area contributed by atoms with Crippen molar-refractivity contribution in [2.45, 2.75) is 45.3 Å². The summed E-state index contributed by atoms with van der Waals surface area (Å²) in [4.78, 5) is 17.6. The molecular weight excluding hydrogens is 402 g/mol. The van der Waals surface area contributed by atoms with Crippen LogP contribution in [0.15, 0.2) is 35.9 Å². The summed E-state index contributed by atoms with van der Waals surface area (Å²) in [5, 5.41) is 20.5. The summed E-state index contributed by atoms with van der Waals surface area (Å²) in [7, 11) is 0. The number of nitriles is 1. The molecule has 2 aliphatic heterocycles. The third-order valence-electron chi connectivity index (χ3n) is 8.76. The molecule has 1 saturated carbocycles. The second-order valence-electron chi connectivity index (χ2n) is 10.2. The zero-order chi connectivity index (χ0) is 22.5. The first-order valence-electron chi connectivity index (χ1n) is 12.0. The number of ether oxygens (including phenoxy) is 1. The van der Waals surface area contributed by atoms with Crippen LogP contribution in [0.2, 0.25) is 0 Å². The fraction of sp³-hybridized carbons (Fsp3) is 0.615. The molecule has 5 rings (SSSR count). The van der Waals surface area contributed by atoms with Crippen LogP contribution in [0.4, 0.5) is 5.69 Å². The van der Waals surface area contributed by atoms with Crippen LogP contribution >= 0.6 is 0 Å². The van der Waals surface area contributed by atoms with E-state index >= 15 is 0 Å². The predicted octanol–water partition coefficient (Wildman–Crippen LogP) is 2.97. The van der Waals surface area contributed by atoms with E-state index in [4.69, 9.17) is 10.00 Å². The van der Waals surface area contributed by atoms with E-state index in [1.54, 1.807) is 0 Å². The Bertz CT molecular complexity index is 944. The van der Waals surface area contributed by atoms with Crippen molar-refractivity contribution in [3.63, 3.8) is 0 Å². The Kier molecular flexibility index (Phi) is 5.51. The highest BCUT2D eigenvalue weighted by molar-refractivity contribution is 5.76. The molecule has 4 aliphatic rings. The SMILES string of the molecule is CC1CCC=C2C[C@H]3OC(=O)C(CN4CCN(c5ccc(C#N)cc5)CC4)[C@H]3C(O)[C@@]21C. The van der Waals surface area contributed by atoms with Crippen molar-refractivity contribution in [1.82, 2.24) is 4.90 Å². The number of hydrogen-bond donors (Lipinski definition) is 1. The fourth-order valence-corrected chi connectivity index (χ4v) is 6.49. The second-order valence-corrected chi connectivity index (χ2v) is 10.2. The topological polar surface area (TPSA) is 76.8 Å². The Labute approximate surface area is 190 Å². The maximum Gasteiger partial charge on any atom is 0.311 e. The van der Waals surface area contributed by atoms with Crippen molar-refractivity contribution in [2.24, 2.45) is 23.2 Å². The Morgan fingerprint density at radius 2 is 1.94 bits per heavy atom. The molecule has 6 nitrogen and oxygen atoms in total. The van der Waals surface area contributed by atoms with Gasteiger partial charge in [0.15, 0.2) is 0 Å². The Balaban J connectivity index is 1.26. The van der Waals surface area contributed by atoms with Crippen LogP contribution in [0.3, 0.4) is 0 Å². The number of anilines is 1. The summed E-state index contributed by atoms with van der Waals surface area (Å²) in [6.45, 7) is 8.59. The quantitative estimate of drug-likeness (QED) is 0.581. The summed E-state index contributed by atoms with van der Waals surface area (Å²) in [6.07, 6.45) is 4.47.